The summed E-state index contributed by atoms with van der Waals surface area (Å²) in [5.41, 5.74) is 0.953. The summed E-state index contributed by atoms with van der Waals surface area (Å²) in [5, 5.41) is 3.67. The molecule has 0 bridgehead atoms. The summed E-state index contributed by atoms with van der Waals surface area (Å²) in [6.07, 6.45) is 4.35. The van der Waals surface area contributed by atoms with E-state index in [-0.39, 0.29) is 16.0 Å². The third-order valence-corrected chi connectivity index (χ3v) is 6.18. The highest BCUT2D eigenvalue weighted by atomic mass is 35.5. The molecule has 0 spiro atoms. The first-order valence-corrected chi connectivity index (χ1v) is 9.40. The number of hydrogen-bond acceptors (Lipinski definition) is 3. The molecule has 2 unspecified atom stereocenters. The van der Waals surface area contributed by atoms with Gasteiger partial charge in [0.15, 0.2) is 0 Å². The van der Waals surface area contributed by atoms with E-state index in [0.29, 0.717) is 18.5 Å². The number of halogens is 1. The Hall–Kier alpha value is -0.620. The van der Waals surface area contributed by atoms with Crippen LogP contribution in [0.1, 0.15) is 38.2 Å². The fraction of sp³-hybridized carbons (Fsp3) is 0.600. The molecule has 2 atom stereocenters. The molecular weight excluding hydrogens is 308 g/mol. The van der Waals surface area contributed by atoms with Crippen molar-refractivity contribution in [3.05, 3.63) is 28.8 Å². The first kappa shape index (κ1) is 15.3. The fourth-order valence-electron chi connectivity index (χ4n) is 2.52. The van der Waals surface area contributed by atoms with Crippen molar-refractivity contribution in [2.75, 3.05) is 0 Å². The molecule has 2 fully saturated rings. The van der Waals surface area contributed by atoms with E-state index in [9.17, 15) is 8.42 Å². The highest BCUT2D eigenvalue weighted by molar-refractivity contribution is 7.89. The molecule has 0 amide bonds. The number of hydrogen-bond donors (Lipinski definition) is 2. The number of nitrogens with one attached hydrogen (secondary N) is 2. The molecule has 0 saturated heterocycles. The highest BCUT2D eigenvalue weighted by Crippen LogP contribution is 2.35. The van der Waals surface area contributed by atoms with Crippen LogP contribution in [0.2, 0.25) is 5.02 Å². The minimum absolute atomic E-state index is 0.0734. The molecule has 116 valence electrons. The van der Waals surface area contributed by atoms with E-state index in [2.05, 4.69) is 17.0 Å². The van der Waals surface area contributed by atoms with Crippen LogP contribution in [0.25, 0.3) is 0 Å². The Labute approximate surface area is 131 Å². The average Bonchev–Trinajstić information content (AvgIpc) is 3.33. The van der Waals surface area contributed by atoms with Gasteiger partial charge in [0.1, 0.15) is 4.90 Å². The maximum Gasteiger partial charge on any atom is 0.242 e. The zero-order valence-electron chi connectivity index (χ0n) is 12.1. The van der Waals surface area contributed by atoms with Crippen molar-refractivity contribution in [2.24, 2.45) is 5.92 Å². The molecule has 21 heavy (non-hydrogen) atoms. The largest absolute Gasteiger partial charge is 0.310 e. The SMILES string of the molecule is CCC1CC1NS(=O)(=O)c1cc(CNC2CC2)ccc1Cl. The van der Waals surface area contributed by atoms with Crippen LogP contribution in [0.15, 0.2) is 23.1 Å². The Morgan fingerprint density at radius 2 is 2.10 bits per heavy atom. The number of rotatable bonds is 7. The van der Waals surface area contributed by atoms with E-state index in [1.807, 2.05) is 6.07 Å². The summed E-state index contributed by atoms with van der Waals surface area (Å²) >= 11 is 6.09. The van der Waals surface area contributed by atoms with Gasteiger partial charge in [0, 0.05) is 18.6 Å². The topological polar surface area (TPSA) is 58.2 Å². The van der Waals surface area contributed by atoms with Crippen LogP contribution in [0.3, 0.4) is 0 Å². The molecule has 4 nitrogen and oxygen atoms in total. The third kappa shape index (κ3) is 3.77. The molecule has 2 aliphatic carbocycles. The maximum absolute atomic E-state index is 12.5. The predicted molar refractivity (Wildman–Crippen MR) is 83.8 cm³/mol. The summed E-state index contributed by atoms with van der Waals surface area (Å²) < 4.78 is 27.7. The molecular formula is C15H21ClN2O2S. The van der Waals surface area contributed by atoms with Crippen LogP contribution < -0.4 is 10.0 Å². The van der Waals surface area contributed by atoms with Crippen LogP contribution in [-0.4, -0.2) is 20.5 Å². The molecule has 0 heterocycles. The van der Waals surface area contributed by atoms with E-state index in [4.69, 9.17) is 11.6 Å². The lowest BCUT2D eigenvalue weighted by Crippen LogP contribution is -2.27. The van der Waals surface area contributed by atoms with Crippen molar-refractivity contribution < 1.29 is 8.42 Å². The minimum atomic E-state index is -3.53. The van der Waals surface area contributed by atoms with E-state index in [1.165, 1.54) is 12.8 Å². The van der Waals surface area contributed by atoms with Crippen molar-refractivity contribution in [2.45, 2.75) is 56.1 Å². The van der Waals surface area contributed by atoms with Crippen LogP contribution in [-0.2, 0) is 16.6 Å². The van der Waals surface area contributed by atoms with Gasteiger partial charge in [-0.25, -0.2) is 13.1 Å². The van der Waals surface area contributed by atoms with Crippen molar-refractivity contribution >= 4 is 21.6 Å². The molecule has 1 aromatic carbocycles. The number of benzene rings is 1. The van der Waals surface area contributed by atoms with Gasteiger partial charge in [-0.3, -0.25) is 0 Å². The van der Waals surface area contributed by atoms with Crippen LogP contribution in [0.4, 0.5) is 0 Å². The van der Waals surface area contributed by atoms with Crippen molar-refractivity contribution in [3.8, 4) is 0 Å². The van der Waals surface area contributed by atoms with E-state index < -0.39 is 10.0 Å². The van der Waals surface area contributed by atoms with Crippen molar-refractivity contribution in [1.82, 2.24) is 10.0 Å². The molecule has 0 aliphatic heterocycles. The van der Waals surface area contributed by atoms with Gasteiger partial charge in [0.05, 0.1) is 5.02 Å². The third-order valence-electron chi connectivity index (χ3n) is 4.21. The second-order valence-corrected chi connectivity index (χ2v) is 8.14. The lowest BCUT2D eigenvalue weighted by Gasteiger charge is -2.10. The zero-order valence-corrected chi connectivity index (χ0v) is 13.7. The summed E-state index contributed by atoms with van der Waals surface area (Å²) in [7, 11) is -3.53. The molecule has 0 aromatic heterocycles. The van der Waals surface area contributed by atoms with Gasteiger partial charge in [-0.15, -0.1) is 0 Å². The van der Waals surface area contributed by atoms with Gasteiger partial charge in [-0.1, -0.05) is 31.0 Å². The van der Waals surface area contributed by atoms with Gasteiger partial charge >= 0.3 is 0 Å². The highest BCUT2D eigenvalue weighted by Gasteiger charge is 2.39. The lowest BCUT2D eigenvalue weighted by atomic mass is 10.2. The summed E-state index contributed by atoms with van der Waals surface area (Å²) in [4.78, 5) is 0.195. The predicted octanol–water partition coefficient (Wildman–Crippen LogP) is 2.67. The lowest BCUT2D eigenvalue weighted by molar-refractivity contribution is 0.575. The molecule has 0 radical (unpaired) electrons. The monoisotopic (exact) mass is 328 g/mol. The van der Waals surface area contributed by atoms with Gasteiger partial charge in [-0.05, 0) is 42.9 Å². The maximum atomic E-state index is 12.5. The van der Waals surface area contributed by atoms with E-state index >= 15 is 0 Å². The Morgan fingerprint density at radius 3 is 2.71 bits per heavy atom. The Bertz CT molecular complexity index is 629. The Balaban J connectivity index is 1.74. The average molecular weight is 329 g/mol. The minimum Gasteiger partial charge on any atom is -0.310 e. The molecule has 2 N–H and O–H groups in total. The van der Waals surface area contributed by atoms with Gasteiger partial charge in [-0.2, -0.15) is 0 Å². The quantitative estimate of drug-likeness (QED) is 0.809. The molecule has 3 rings (SSSR count). The second-order valence-electron chi connectivity index (χ2n) is 6.05. The van der Waals surface area contributed by atoms with Crippen molar-refractivity contribution in [3.63, 3.8) is 0 Å². The first-order chi connectivity index (χ1) is 9.99. The van der Waals surface area contributed by atoms with Crippen molar-refractivity contribution in [1.29, 1.82) is 0 Å². The van der Waals surface area contributed by atoms with Gasteiger partial charge < -0.3 is 5.32 Å². The smallest absolute Gasteiger partial charge is 0.242 e. The summed E-state index contributed by atoms with van der Waals surface area (Å²) in [6, 6.07) is 5.90. The standard InChI is InChI=1S/C15H21ClN2O2S/c1-2-11-8-14(11)18-21(19,20)15-7-10(3-6-13(15)16)9-17-12-4-5-12/h3,6-7,11-12,14,17-18H,2,4-5,8-9H2,1H3. The van der Waals surface area contributed by atoms with E-state index in [0.717, 1.165) is 18.4 Å². The van der Waals surface area contributed by atoms with Crippen LogP contribution in [0.5, 0.6) is 0 Å². The van der Waals surface area contributed by atoms with Gasteiger partial charge in [0.2, 0.25) is 10.0 Å². The Kier molecular flexibility index (Phi) is 4.28. The second kappa shape index (κ2) is 5.88. The Morgan fingerprint density at radius 1 is 1.33 bits per heavy atom. The molecule has 6 heteroatoms. The molecule has 1 aromatic rings. The van der Waals surface area contributed by atoms with Crippen LogP contribution >= 0.6 is 11.6 Å². The molecule has 2 saturated carbocycles. The first-order valence-electron chi connectivity index (χ1n) is 7.53. The zero-order chi connectivity index (χ0) is 15.0. The van der Waals surface area contributed by atoms with Gasteiger partial charge in [0.25, 0.3) is 0 Å². The molecule has 2 aliphatic rings. The fourth-order valence-corrected chi connectivity index (χ4v) is 4.39. The normalized spacial score (nSPS) is 25.0. The van der Waals surface area contributed by atoms with E-state index in [1.54, 1.807) is 12.1 Å². The van der Waals surface area contributed by atoms with Crippen LogP contribution in [0, 0.1) is 5.92 Å². The summed E-state index contributed by atoms with van der Waals surface area (Å²) in [6.45, 7) is 2.77. The summed E-state index contributed by atoms with van der Waals surface area (Å²) in [5.74, 6) is 0.471. The number of sulfonamides is 1.